The number of benzene rings is 3. The molecular weight excluding hydrogens is 360 g/mol. The lowest BCUT2D eigenvalue weighted by molar-refractivity contribution is 0.0274. The zero-order valence-corrected chi connectivity index (χ0v) is 15.2. The Morgan fingerprint density at radius 3 is 2.50 bits per heavy atom. The van der Waals surface area contributed by atoms with Gasteiger partial charge in [-0.1, -0.05) is 70.0 Å². The topological polar surface area (TPSA) is 9.23 Å². The molecule has 3 aromatic rings. The van der Waals surface area contributed by atoms with E-state index >= 15 is 0 Å². The molecule has 1 aliphatic heterocycles. The van der Waals surface area contributed by atoms with Crippen molar-refractivity contribution in [3.8, 4) is 11.1 Å². The molecule has 0 amide bonds. The van der Waals surface area contributed by atoms with Gasteiger partial charge in [0.1, 0.15) is 0 Å². The molecule has 0 aromatic heterocycles. The van der Waals surface area contributed by atoms with Crippen molar-refractivity contribution in [2.75, 3.05) is 0 Å². The van der Waals surface area contributed by atoms with Gasteiger partial charge in [0, 0.05) is 10.9 Å². The number of aryl methyl sites for hydroxylation is 1. The molecule has 0 saturated heterocycles. The first kappa shape index (κ1) is 15.6. The first-order valence-electron chi connectivity index (χ1n) is 8.25. The van der Waals surface area contributed by atoms with Crippen LogP contribution in [-0.2, 0) is 17.8 Å². The van der Waals surface area contributed by atoms with E-state index in [0.717, 1.165) is 10.9 Å². The Bertz CT molecular complexity index is 885. The smallest absolute Gasteiger partial charge is 0.0870 e. The van der Waals surface area contributed by atoms with E-state index in [-0.39, 0.29) is 6.10 Å². The summed E-state index contributed by atoms with van der Waals surface area (Å²) < 4.78 is 7.25. The first-order valence-corrected chi connectivity index (χ1v) is 9.04. The monoisotopic (exact) mass is 378 g/mol. The Labute approximate surface area is 151 Å². The van der Waals surface area contributed by atoms with Crippen LogP contribution in [0.2, 0.25) is 0 Å². The van der Waals surface area contributed by atoms with E-state index in [1.165, 1.54) is 33.4 Å². The highest BCUT2D eigenvalue weighted by molar-refractivity contribution is 9.10. The van der Waals surface area contributed by atoms with Gasteiger partial charge >= 0.3 is 0 Å². The minimum absolute atomic E-state index is 0.128. The van der Waals surface area contributed by atoms with Gasteiger partial charge in [0.05, 0.1) is 12.7 Å². The summed E-state index contributed by atoms with van der Waals surface area (Å²) in [4.78, 5) is 0. The molecule has 24 heavy (non-hydrogen) atoms. The van der Waals surface area contributed by atoms with Crippen molar-refractivity contribution in [2.45, 2.75) is 26.1 Å². The highest BCUT2D eigenvalue weighted by atomic mass is 79.9. The molecule has 2 heteroatoms. The number of ether oxygens (including phenoxy) is 1. The lowest BCUT2D eigenvalue weighted by atomic mass is 9.93. The maximum Gasteiger partial charge on any atom is 0.0870 e. The molecule has 4 rings (SSSR count). The van der Waals surface area contributed by atoms with Gasteiger partial charge in [-0.3, -0.25) is 0 Å². The van der Waals surface area contributed by atoms with Crippen molar-refractivity contribution < 1.29 is 4.74 Å². The van der Waals surface area contributed by atoms with E-state index in [1.54, 1.807) is 0 Å². The van der Waals surface area contributed by atoms with Gasteiger partial charge in [-0.2, -0.15) is 0 Å². The molecule has 0 bridgehead atoms. The zero-order valence-electron chi connectivity index (χ0n) is 13.6. The van der Waals surface area contributed by atoms with Crippen molar-refractivity contribution >= 4 is 15.9 Å². The Morgan fingerprint density at radius 2 is 1.67 bits per heavy atom. The molecule has 0 radical (unpaired) electrons. The third-order valence-corrected chi connectivity index (χ3v) is 5.12. The predicted octanol–water partition coefficient (Wildman–Crippen LogP) is 6.24. The van der Waals surface area contributed by atoms with Crippen molar-refractivity contribution in [3.63, 3.8) is 0 Å². The van der Waals surface area contributed by atoms with Gasteiger partial charge in [-0.05, 0) is 52.9 Å². The molecule has 0 spiro atoms. The quantitative estimate of drug-likeness (QED) is 0.512. The molecule has 1 unspecified atom stereocenters. The maximum atomic E-state index is 6.14. The fourth-order valence-electron chi connectivity index (χ4n) is 3.33. The minimum atomic E-state index is 0.128. The van der Waals surface area contributed by atoms with Gasteiger partial charge in [-0.25, -0.2) is 0 Å². The van der Waals surface area contributed by atoms with Gasteiger partial charge < -0.3 is 4.74 Å². The molecule has 0 saturated carbocycles. The van der Waals surface area contributed by atoms with Crippen LogP contribution in [0.5, 0.6) is 0 Å². The van der Waals surface area contributed by atoms with Crippen LogP contribution < -0.4 is 0 Å². The summed E-state index contributed by atoms with van der Waals surface area (Å²) in [6, 6.07) is 23.9. The van der Waals surface area contributed by atoms with Crippen LogP contribution in [-0.4, -0.2) is 0 Å². The molecule has 1 aliphatic rings. The highest BCUT2D eigenvalue weighted by Crippen LogP contribution is 2.33. The Hall–Kier alpha value is -1.90. The second-order valence-corrected chi connectivity index (χ2v) is 7.33. The lowest BCUT2D eigenvalue weighted by Crippen LogP contribution is -2.15. The average molecular weight is 379 g/mol. The number of hydrogen-bond donors (Lipinski definition) is 0. The molecule has 1 heterocycles. The highest BCUT2D eigenvalue weighted by Gasteiger charge is 2.21. The second-order valence-electron chi connectivity index (χ2n) is 6.41. The molecule has 0 aliphatic carbocycles. The van der Waals surface area contributed by atoms with Gasteiger partial charge in [0.15, 0.2) is 0 Å². The summed E-state index contributed by atoms with van der Waals surface area (Å²) in [6.07, 6.45) is 1.06. The largest absolute Gasteiger partial charge is 0.368 e. The normalized spacial score (nSPS) is 16.7. The Balaban J connectivity index is 1.64. The van der Waals surface area contributed by atoms with Crippen LogP contribution in [0.4, 0.5) is 0 Å². The third-order valence-electron chi connectivity index (χ3n) is 4.62. The SMILES string of the molecule is Cc1cccc(-c2cccc(C3Cc4ccc(Br)cc4CO3)c2)c1. The average Bonchev–Trinajstić information content (AvgIpc) is 2.61. The van der Waals surface area contributed by atoms with Crippen molar-refractivity contribution in [2.24, 2.45) is 0 Å². The summed E-state index contributed by atoms with van der Waals surface area (Å²) in [5.74, 6) is 0. The third kappa shape index (κ3) is 3.17. The molecule has 120 valence electrons. The zero-order chi connectivity index (χ0) is 16.5. The molecule has 1 nitrogen and oxygen atoms in total. The summed E-state index contributed by atoms with van der Waals surface area (Å²) in [5, 5.41) is 0. The van der Waals surface area contributed by atoms with Gasteiger partial charge in [0.25, 0.3) is 0 Å². The van der Waals surface area contributed by atoms with E-state index in [4.69, 9.17) is 4.74 Å². The number of rotatable bonds is 2. The summed E-state index contributed by atoms with van der Waals surface area (Å²) in [5.41, 5.74) is 7.72. The van der Waals surface area contributed by atoms with E-state index in [9.17, 15) is 0 Å². The van der Waals surface area contributed by atoms with Crippen LogP contribution in [0.1, 0.15) is 28.4 Å². The van der Waals surface area contributed by atoms with Crippen LogP contribution in [0.15, 0.2) is 71.2 Å². The summed E-state index contributed by atoms with van der Waals surface area (Å²) in [7, 11) is 0. The predicted molar refractivity (Wildman–Crippen MR) is 102 cm³/mol. The Morgan fingerprint density at radius 1 is 0.875 bits per heavy atom. The molecule has 0 N–H and O–H groups in total. The van der Waals surface area contributed by atoms with Crippen molar-refractivity contribution in [3.05, 3.63) is 93.5 Å². The molecule has 0 fully saturated rings. The van der Waals surface area contributed by atoms with Crippen LogP contribution in [0, 0.1) is 6.92 Å². The van der Waals surface area contributed by atoms with E-state index < -0.39 is 0 Å². The second kappa shape index (κ2) is 6.54. The van der Waals surface area contributed by atoms with E-state index in [1.807, 2.05) is 0 Å². The maximum absolute atomic E-state index is 6.14. The number of halogens is 1. The lowest BCUT2D eigenvalue weighted by Gasteiger charge is -2.26. The summed E-state index contributed by atoms with van der Waals surface area (Å²) in [6.45, 7) is 2.81. The molecule has 3 aromatic carbocycles. The van der Waals surface area contributed by atoms with Crippen LogP contribution in [0.25, 0.3) is 11.1 Å². The number of fused-ring (bicyclic) bond motifs is 1. The van der Waals surface area contributed by atoms with Crippen LogP contribution in [0.3, 0.4) is 0 Å². The van der Waals surface area contributed by atoms with Crippen molar-refractivity contribution in [1.82, 2.24) is 0 Å². The Kier molecular flexibility index (Phi) is 4.26. The fraction of sp³-hybridized carbons (Fsp3) is 0.182. The van der Waals surface area contributed by atoms with E-state index in [2.05, 4.69) is 89.6 Å². The molecular formula is C22H19BrO. The van der Waals surface area contributed by atoms with Crippen molar-refractivity contribution in [1.29, 1.82) is 0 Å². The van der Waals surface area contributed by atoms with Crippen LogP contribution >= 0.6 is 15.9 Å². The first-order chi connectivity index (χ1) is 11.7. The minimum Gasteiger partial charge on any atom is -0.368 e. The van der Waals surface area contributed by atoms with Gasteiger partial charge in [0.2, 0.25) is 0 Å². The standard InChI is InChI=1S/C22H19BrO/c1-15-4-2-5-16(10-15)17-6-3-7-19(11-17)22-13-18-8-9-21(23)12-20(18)14-24-22/h2-12,22H,13-14H2,1H3. The number of hydrogen-bond acceptors (Lipinski definition) is 1. The summed E-state index contributed by atoms with van der Waals surface area (Å²) >= 11 is 3.54. The molecule has 1 atom stereocenters. The fourth-order valence-corrected chi connectivity index (χ4v) is 3.74. The van der Waals surface area contributed by atoms with E-state index in [0.29, 0.717) is 6.61 Å². The van der Waals surface area contributed by atoms with Gasteiger partial charge in [-0.15, -0.1) is 0 Å².